The lowest BCUT2D eigenvalue weighted by molar-refractivity contribution is 0.156. The first-order chi connectivity index (χ1) is 16.8. The third kappa shape index (κ3) is 4.16. The highest BCUT2D eigenvalue weighted by molar-refractivity contribution is 7.94. The number of sulfone groups is 1. The van der Waals surface area contributed by atoms with E-state index in [1.54, 1.807) is 32.4 Å². The number of hydrogen-bond acceptors (Lipinski definition) is 6. The van der Waals surface area contributed by atoms with Crippen molar-refractivity contribution in [3.63, 3.8) is 0 Å². The summed E-state index contributed by atoms with van der Waals surface area (Å²) in [5.74, 6) is 1.46. The molecule has 0 bridgehead atoms. The molecule has 3 atom stereocenters. The summed E-state index contributed by atoms with van der Waals surface area (Å²) >= 11 is 0. The fourth-order valence-corrected chi connectivity index (χ4v) is 7.21. The minimum absolute atomic E-state index is 0.00427. The maximum atomic E-state index is 12.8. The van der Waals surface area contributed by atoms with Crippen molar-refractivity contribution in [2.45, 2.75) is 48.1 Å². The molecule has 1 saturated heterocycles. The first-order valence-corrected chi connectivity index (χ1v) is 13.4. The van der Waals surface area contributed by atoms with Crippen molar-refractivity contribution in [3.8, 4) is 11.5 Å². The van der Waals surface area contributed by atoms with Gasteiger partial charge in [-0.15, -0.1) is 0 Å². The van der Waals surface area contributed by atoms with Crippen LogP contribution in [0.25, 0.3) is 6.08 Å². The quantitative estimate of drug-likeness (QED) is 0.653. The van der Waals surface area contributed by atoms with Crippen LogP contribution in [-0.4, -0.2) is 59.2 Å². The molecule has 1 saturated carbocycles. The number of carbonyl (C=O) groups excluding carboxylic acids is 1. The number of urea groups is 1. The van der Waals surface area contributed by atoms with E-state index < -0.39 is 9.84 Å². The number of amides is 2. The van der Waals surface area contributed by atoms with Crippen LogP contribution in [0.4, 0.5) is 10.5 Å². The zero-order valence-corrected chi connectivity index (χ0v) is 21.0. The molecular formula is C26H31N3O5S. The van der Waals surface area contributed by atoms with E-state index in [4.69, 9.17) is 9.47 Å². The number of anilines is 1. The van der Waals surface area contributed by atoms with Gasteiger partial charge in [-0.25, -0.2) is 13.2 Å². The lowest BCUT2D eigenvalue weighted by atomic mass is 9.65. The van der Waals surface area contributed by atoms with Gasteiger partial charge in [0.2, 0.25) is 9.84 Å². The van der Waals surface area contributed by atoms with E-state index in [-0.39, 0.29) is 28.4 Å². The van der Waals surface area contributed by atoms with E-state index in [1.165, 1.54) is 17.0 Å². The van der Waals surface area contributed by atoms with Crippen molar-refractivity contribution >= 4 is 27.6 Å². The standard InChI is InChI=1S/C26H31N3O5S/c1-29-12-11-26(18-5-7-21(33-2)22(14-18)34-3)10-8-20(16-24(26)29)28-25(30)27-19-6-4-17-9-13-35(31,32)23(17)15-19/h4-7,9,13-15,20,24H,8,10-12,16H2,1-3H3,(H2,27,28,30)/t20-,24+,26-/m0/s1. The highest BCUT2D eigenvalue weighted by atomic mass is 32.2. The predicted molar refractivity (Wildman–Crippen MR) is 135 cm³/mol. The topological polar surface area (TPSA) is 97.0 Å². The summed E-state index contributed by atoms with van der Waals surface area (Å²) in [7, 11) is 2.02. The molecule has 2 N–H and O–H groups in total. The molecule has 3 aliphatic rings. The molecule has 8 nitrogen and oxygen atoms in total. The summed E-state index contributed by atoms with van der Waals surface area (Å²) in [4.78, 5) is 15.4. The Labute approximate surface area is 206 Å². The van der Waals surface area contributed by atoms with Gasteiger partial charge in [0.15, 0.2) is 11.5 Å². The number of rotatable bonds is 5. The van der Waals surface area contributed by atoms with Crippen LogP contribution in [0.2, 0.25) is 0 Å². The van der Waals surface area contributed by atoms with Crippen LogP contribution in [0.1, 0.15) is 36.8 Å². The molecule has 2 aromatic rings. The Morgan fingerprint density at radius 3 is 2.66 bits per heavy atom. The molecule has 0 aromatic heterocycles. The summed E-state index contributed by atoms with van der Waals surface area (Å²) in [5, 5.41) is 7.11. The van der Waals surface area contributed by atoms with Crippen molar-refractivity contribution < 1.29 is 22.7 Å². The van der Waals surface area contributed by atoms with Gasteiger partial charge in [-0.3, -0.25) is 0 Å². The molecule has 1 aliphatic carbocycles. The Balaban J connectivity index is 1.29. The maximum Gasteiger partial charge on any atom is 0.319 e. The monoisotopic (exact) mass is 497 g/mol. The largest absolute Gasteiger partial charge is 0.493 e. The summed E-state index contributed by atoms with van der Waals surface area (Å²) in [6, 6.07) is 11.1. The van der Waals surface area contributed by atoms with E-state index >= 15 is 0 Å². The van der Waals surface area contributed by atoms with E-state index in [2.05, 4.69) is 34.7 Å². The van der Waals surface area contributed by atoms with Gasteiger partial charge in [-0.1, -0.05) is 12.1 Å². The third-order valence-corrected chi connectivity index (χ3v) is 9.29. The van der Waals surface area contributed by atoms with Gasteiger partial charge in [0.05, 0.1) is 19.1 Å². The van der Waals surface area contributed by atoms with Crippen LogP contribution >= 0.6 is 0 Å². The maximum absolute atomic E-state index is 12.8. The molecule has 9 heteroatoms. The third-order valence-electron chi connectivity index (χ3n) is 7.83. The molecule has 35 heavy (non-hydrogen) atoms. The molecule has 2 aliphatic heterocycles. The summed E-state index contributed by atoms with van der Waals surface area (Å²) in [6.07, 6.45) is 5.26. The first kappa shape index (κ1) is 23.7. The van der Waals surface area contributed by atoms with Gasteiger partial charge < -0.3 is 25.0 Å². The normalized spacial score (nSPS) is 26.6. The Morgan fingerprint density at radius 2 is 1.89 bits per heavy atom. The lowest BCUT2D eigenvalue weighted by Gasteiger charge is -2.45. The average molecular weight is 498 g/mol. The van der Waals surface area contributed by atoms with E-state index in [1.807, 2.05) is 6.07 Å². The number of likely N-dealkylation sites (tertiary alicyclic amines) is 1. The molecule has 2 aromatic carbocycles. The van der Waals surface area contributed by atoms with Gasteiger partial charge >= 0.3 is 6.03 Å². The number of nitrogens with one attached hydrogen (secondary N) is 2. The minimum atomic E-state index is -3.42. The number of hydrogen-bond donors (Lipinski definition) is 2. The average Bonchev–Trinajstić information content (AvgIpc) is 3.35. The fourth-order valence-electron chi connectivity index (χ4n) is 5.98. The summed E-state index contributed by atoms with van der Waals surface area (Å²) < 4.78 is 35.3. The highest BCUT2D eigenvalue weighted by Gasteiger charge is 2.50. The number of likely N-dealkylation sites (N-methyl/N-ethyl adjacent to an activating group) is 1. The van der Waals surface area contributed by atoms with Crippen molar-refractivity contribution in [1.82, 2.24) is 10.2 Å². The van der Waals surface area contributed by atoms with Crippen molar-refractivity contribution in [3.05, 3.63) is 52.9 Å². The van der Waals surface area contributed by atoms with Crippen LogP contribution in [0, 0.1) is 0 Å². The van der Waals surface area contributed by atoms with Crippen molar-refractivity contribution in [2.75, 3.05) is 33.1 Å². The SMILES string of the molecule is COc1ccc([C@@]23CC[C@H](NC(=O)Nc4ccc5c(c4)S(=O)(=O)C=C5)C[C@H]2N(C)CC3)cc1OC. The number of methoxy groups -OCH3 is 2. The number of fused-ring (bicyclic) bond motifs is 2. The minimum Gasteiger partial charge on any atom is -0.493 e. The second-order valence-electron chi connectivity index (χ2n) is 9.64. The summed E-state index contributed by atoms with van der Waals surface area (Å²) in [6.45, 7) is 0.996. The zero-order valence-electron chi connectivity index (χ0n) is 20.2. The van der Waals surface area contributed by atoms with Gasteiger partial charge in [0.25, 0.3) is 0 Å². The highest BCUT2D eigenvalue weighted by Crippen LogP contribution is 2.49. The molecule has 0 spiro atoms. The van der Waals surface area contributed by atoms with Crippen molar-refractivity contribution in [2.24, 2.45) is 0 Å². The van der Waals surface area contributed by atoms with E-state index in [0.29, 0.717) is 11.3 Å². The fraction of sp³-hybridized carbons (Fsp3) is 0.423. The second-order valence-corrected chi connectivity index (χ2v) is 11.4. The van der Waals surface area contributed by atoms with Crippen LogP contribution in [0.5, 0.6) is 11.5 Å². The van der Waals surface area contributed by atoms with E-state index in [9.17, 15) is 13.2 Å². The van der Waals surface area contributed by atoms with Gasteiger partial charge in [0, 0.05) is 28.6 Å². The Morgan fingerprint density at radius 1 is 1.09 bits per heavy atom. The number of ether oxygens (including phenoxy) is 2. The van der Waals surface area contributed by atoms with Gasteiger partial charge in [0.1, 0.15) is 0 Å². The lowest BCUT2D eigenvalue weighted by Crippen LogP contribution is -2.52. The molecule has 186 valence electrons. The van der Waals surface area contributed by atoms with Gasteiger partial charge in [-0.05, 0) is 80.7 Å². The molecule has 2 fully saturated rings. The first-order valence-electron chi connectivity index (χ1n) is 11.8. The Hall–Kier alpha value is -3.04. The van der Waals surface area contributed by atoms with Crippen LogP contribution in [-0.2, 0) is 15.3 Å². The predicted octanol–water partition coefficient (Wildman–Crippen LogP) is 3.78. The second kappa shape index (κ2) is 8.87. The molecule has 2 amide bonds. The molecule has 0 unspecified atom stereocenters. The molecule has 2 heterocycles. The van der Waals surface area contributed by atoms with Crippen LogP contribution in [0.3, 0.4) is 0 Å². The Bertz CT molecular complexity index is 1290. The van der Waals surface area contributed by atoms with Crippen LogP contribution in [0.15, 0.2) is 46.7 Å². The smallest absolute Gasteiger partial charge is 0.319 e. The zero-order chi connectivity index (χ0) is 24.8. The van der Waals surface area contributed by atoms with Gasteiger partial charge in [-0.2, -0.15) is 0 Å². The molecular weight excluding hydrogens is 466 g/mol. The molecule has 5 rings (SSSR count). The number of nitrogens with zero attached hydrogens (tertiary/aromatic N) is 1. The Kier molecular flexibility index (Phi) is 6.01. The number of benzene rings is 2. The van der Waals surface area contributed by atoms with Crippen molar-refractivity contribution in [1.29, 1.82) is 0 Å². The summed E-state index contributed by atoms with van der Waals surface area (Å²) in [5.41, 5.74) is 2.35. The molecule has 0 radical (unpaired) electrons. The number of carbonyl (C=O) groups is 1. The van der Waals surface area contributed by atoms with Crippen LogP contribution < -0.4 is 20.1 Å². The van der Waals surface area contributed by atoms with E-state index in [0.717, 1.165) is 43.7 Å².